The van der Waals surface area contributed by atoms with Crippen LogP contribution >= 0.6 is 11.6 Å². The molecule has 4 nitrogen and oxygen atoms in total. The Balaban J connectivity index is 2.08. The smallest absolute Gasteiger partial charge is 0.135 e. The summed E-state index contributed by atoms with van der Waals surface area (Å²) in [6, 6.07) is 1.68. The summed E-state index contributed by atoms with van der Waals surface area (Å²) in [6.07, 6.45) is 2.29. The van der Waals surface area contributed by atoms with Crippen molar-refractivity contribution in [1.29, 1.82) is 0 Å². The van der Waals surface area contributed by atoms with Gasteiger partial charge >= 0.3 is 0 Å². The van der Waals surface area contributed by atoms with Crippen LogP contribution in [0.1, 0.15) is 38.4 Å². The third kappa shape index (κ3) is 3.32. The number of rotatable bonds is 4. The van der Waals surface area contributed by atoms with Crippen molar-refractivity contribution in [2.45, 2.75) is 38.2 Å². The molecule has 1 aromatic heterocycles. The highest BCUT2D eigenvalue weighted by Crippen LogP contribution is 2.38. The van der Waals surface area contributed by atoms with Gasteiger partial charge < -0.3 is 10.4 Å². The van der Waals surface area contributed by atoms with Crippen molar-refractivity contribution in [2.24, 2.45) is 0 Å². The van der Waals surface area contributed by atoms with Crippen LogP contribution in [0.3, 0.4) is 0 Å². The molecule has 0 aliphatic heterocycles. The van der Waals surface area contributed by atoms with Crippen LogP contribution < -0.4 is 5.32 Å². The minimum Gasteiger partial charge on any atom is -0.389 e. The molecule has 0 bridgehead atoms. The molecule has 2 rings (SSSR count). The largest absolute Gasteiger partial charge is 0.389 e. The quantitative estimate of drug-likeness (QED) is 0.794. The number of hydrogen-bond donors (Lipinski definition) is 2. The van der Waals surface area contributed by atoms with E-state index in [1.54, 1.807) is 19.9 Å². The molecule has 5 heteroatoms. The van der Waals surface area contributed by atoms with Crippen LogP contribution in [0.25, 0.3) is 0 Å². The monoisotopic (exact) mass is 241 g/mol. The average Bonchev–Trinajstić information content (AvgIpc) is 2.95. The zero-order valence-corrected chi connectivity index (χ0v) is 10.3. The molecule has 88 valence electrons. The van der Waals surface area contributed by atoms with Crippen molar-refractivity contribution in [3.63, 3.8) is 0 Å². The molecule has 1 aliphatic rings. The topological polar surface area (TPSA) is 58.0 Å². The fourth-order valence-electron chi connectivity index (χ4n) is 1.36. The molecule has 1 heterocycles. The van der Waals surface area contributed by atoms with E-state index in [9.17, 15) is 5.11 Å². The van der Waals surface area contributed by atoms with E-state index in [0.29, 0.717) is 23.4 Å². The first-order chi connectivity index (χ1) is 7.44. The predicted octanol–water partition coefficient (Wildman–Crippen LogP) is 2.19. The van der Waals surface area contributed by atoms with E-state index in [-0.39, 0.29) is 0 Å². The van der Waals surface area contributed by atoms with Crippen LogP contribution in [-0.4, -0.2) is 27.2 Å². The van der Waals surface area contributed by atoms with Crippen LogP contribution in [0, 0.1) is 0 Å². The lowest BCUT2D eigenvalue weighted by Crippen LogP contribution is -2.29. The van der Waals surface area contributed by atoms with Gasteiger partial charge in [-0.1, -0.05) is 11.6 Å². The first kappa shape index (κ1) is 11.6. The maximum Gasteiger partial charge on any atom is 0.135 e. The second-order valence-electron chi connectivity index (χ2n) is 4.87. The van der Waals surface area contributed by atoms with Gasteiger partial charge in [0.1, 0.15) is 16.8 Å². The van der Waals surface area contributed by atoms with Gasteiger partial charge in [-0.05, 0) is 26.7 Å². The zero-order chi connectivity index (χ0) is 11.8. The standard InChI is InChI=1S/C11H16ClN3O/c1-11(2,16)6-13-9-5-8(12)14-10(15-9)7-3-4-7/h5,7,16H,3-4,6H2,1-2H3,(H,13,14,15). The second kappa shape index (κ2) is 4.18. The Morgan fingerprint density at radius 2 is 2.19 bits per heavy atom. The summed E-state index contributed by atoms with van der Waals surface area (Å²) >= 11 is 5.92. The number of hydrogen-bond acceptors (Lipinski definition) is 4. The first-order valence-corrected chi connectivity index (χ1v) is 5.82. The Bertz CT molecular complexity index is 385. The normalized spacial score (nSPS) is 16.2. The highest BCUT2D eigenvalue weighted by molar-refractivity contribution is 6.29. The average molecular weight is 242 g/mol. The van der Waals surface area contributed by atoms with E-state index in [2.05, 4.69) is 15.3 Å². The molecule has 0 atom stereocenters. The molecule has 1 aliphatic carbocycles. The number of nitrogens with one attached hydrogen (secondary N) is 1. The van der Waals surface area contributed by atoms with Gasteiger partial charge in [0.2, 0.25) is 0 Å². The highest BCUT2D eigenvalue weighted by atomic mass is 35.5. The Hall–Kier alpha value is -0.870. The Morgan fingerprint density at radius 1 is 1.50 bits per heavy atom. The lowest BCUT2D eigenvalue weighted by atomic mass is 10.1. The summed E-state index contributed by atoms with van der Waals surface area (Å²) in [5, 5.41) is 13.1. The second-order valence-corrected chi connectivity index (χ2v) is 5.26. The number of nitrogens with zero attached hydrogens (tertiary/aromatic N) is 2. The fraction of sp³-hybridized carbons (Fsp3) is 0.636. The molecule has 0 spiro atoms. The number of aliphatic hydroxyl groups is 1. The molecule has 0 aromatic carbocycles. The van der Waals surface area contributed by atoms with E-state index in [1.165, 1.54) is 0 Å². The van der Waals surface area contributed by atoms with Crippen molar-refractivity contribution >= 4 is 17.4 Å². The number of halogens is 1. The van der Waals surface area contributed by atoms with Crippen LogP contribution in [-0.2, 0) is 0 Å². The van der Waals surface area contributed by atoms with Gasteiger partial charge in [0.15, 0.2) is 0 Å². The first-order valence-electron chi connectivity index (χ1n) is 5.45. The minimum atomic E-state index is -0.767. The SMILES string of the molecule is CC(C)(O)CNc1cc(Cl)nc(C2CC2)n1. The van der Waals surface area contributed by atoms with E-state index < -0.39 is 5.60 Å². The van der Waals surface area contributed by atoms with Gasteiger partial charge in [0, 0.05) is 18.5 Å². The zero-order valence-electron chi connectivity index (χ0n) is 9.50. The minimum absolute atomic E-state index is 0.435. The van der Waals surface area contributed by atoms with E-state index in [0.717, 1.165) is 18.7 Å². The van der Waals surface area contributed by atoms with Gasteiger partial charge in [0.25, 0.3) is 0 Å². The summed E-state index contributed by atoms with van der Waals surface area (Å²) in [4.78, 5) is 8.57. The molecule has 0 saturated heterocycles. The summed E-state index contributed by atoms with van der Waals surface area (Å²) in [5.41, 5.74) is -0.767. The predicted molar refractivity (Wildman–Crippen MR) is 63.8 cm³/mol. The number of anilines is 1. The number of aromatic nitrogens is 2. The molecule has 0 radical (unpaired) electrons. The van der Waals surface area contributed by atoms with Crippen LogP contribution in [0.4, 0.5) is 5.82 Å². The Morgan fingerprint density at radius 3 is 2.75 bits per heavy atom. The molecule has 0 unspecified atom stereocenters. The summed E-state index contributed by atoms with van der Waals surface area (Å²) in [7, 11) is 0. The molecule has 1 saturated carbocycles. The maximum atomic E-state index is 9.60. The molecule has 16 heavy (non-hydrogen) atoms. The van der Waals surface area contributed by atoms with Gasteiger partial charge in [-0.3, -0.25) is 0 Å². The molecule has 2 N–H and O–H groups in total. The third-order valence-corrected chi connectivity index (χ3v) is 2.55. The van der Waals surface area contributed by atoms with Crippen LogP contribution in [0.2, 0.25) is 5.15 Å². The maximum absolute atomic E-state index is 9.60. The van der Waals surface area contributed by atoms with E-state index in [1.807, 2.05) is 0 Å². The van der Waals surface area contributed by atoms with Gasteiger partial charge in [-0.15, -0.1) is 0 Å². The van der Waals surface area contributed by atoms with Crippen LogP contribution in [0.15, 0.2) is 6.07 Å². The summed E-state index contributed by atoms with van der Waals surface area (Å²) in [5.74, 6) is 1.97. The molecular formula is C11H16ClN3O. The Kier molecular flexibility index (Phi) is 3.04. The lowest BCUT2D eigenvalue weighted by molar-refractivity contribution is 0.0944. The van der Waals surface area contributed by atoms with E-state index >= 15 is 0 Å². The van der Waals surface area contributed by atoms with Gasteiger partial charge in [-0.2, -0.15) is 0 Å². The van der Waals surface area contributed by atoms with Crippen molar-refractivity contribution < 1.29 is 5.11 Å². The van der Waals surface area contributed by atoms with Gasteiger partial charge in [0.05, 0.1) is 5.60 Å². The van der Waals surface area contributed by atoms with Crippen LogP contribution in [0.5, 0.6) is 0 Å². The Labute approximate surface area is 100 Å². The van der Waals surface area contributed by atoms with Crippen molar-refractivity contribution in [1.82, 2.24) is 9.97 Å². The fourth-order valence-corrected chi connectivity index (χ4v) is 1.55. The molecule has 0 amide bonds. The lowest BCUT2D eigenvalue weighted by Gasteiger charge is -2.18. The van der Waals surface area contributed by atoms with Crippen molar-refractivity contribution in [3.8, 4) is 0 Å². The molecule has 1 fully saturated rings. The highest BCUT2D eigenvalue weighted by Gasteiger charge is 2.27. The summed E-state index contributed by atoms with van der Waals surface area (Å²) in [6.45, 7) is 3.92. The summed E-state index contributed by atoms with van der Waals surface area (Å²) < 4.78 is 0. The molecule has 1 aromatic rings. The van der Waals surface area contributed by atoms with Crippen molar-refractivity contribution in [2.75, 3.05) is 11.9 Å². The van der Waals surface area contributed by atoms with Crippen molar-refractivity contribution in [3.05, 3.63) is 17.0 Å². The van der Waals surface area contributed by atoms with E-state index in [4.69, 9.17) is 11.6 Å². The molecular weight excluding hydrogens is 226 g/mol. The van der Waals surface area contributed by atoms with Gasteiger partial charge in [-0.25, -0.2) is 9.97 Å². The third-order valence-electron chi connectivity index (χ3n) is 2.36.